The number of carbonyl (C=O) groups excluding carboxylic acids is 1. The lowest BCUT2D eigenvalue weighted by molar-refractivity contribution is 0.0303. The molecule has 3 unspecified atom stereocenters. The standard InChI is InChI=1S/C24H26N2O3/c1-28-17-10-8-16(9-11-17)22-19-5-2-4-18(19)20-6-3-7-21(23(20)25-22)24(27)26-12-14-29-15-13-26/h2-4,6-11,18-19,22,25H,5,12-15H2,1H3. The van der Waals surface area contributed by atoms with E-state index in [0.717, 1.165) is 23.4 Å². The van der Waals surface area contributed by atoms with Gasteiger partial charge in [0.25, 0.3) is 5.91 Å². The maximum atomic E-state index is 13.3. The van der Waals surface area contributed by atoms with Gasteiger partial charge >= 0.3 is 0 Å². The Hall–Kier alpha value is -2.79. The summed E-state index contributed by atoms with van der Waals surface area (Å²) in [6, 6.07) is 14.6. The van der Waals surface area contributed by atoms with Gasteiger partial charge < -0.3 is 19.7 Å². The summed E-state index contributed by atoms with van der Waals surface area (Å²) in [6.07, 6.45) is 5.62. The molecule has 1 saturated heterocycles. The Kier molecular flexibility index (Phi) is 4.76. The van der Waals surface area contributed by atoms with E-state index in [9.17, 15) is 4.79 Å². The van der Waals surface area contributed by atoms with Gasteiger partial charge in [0.15, 0.2) is 0 Å². The number of allylic oxidation sites excluding steroid dienone is 2. The van der Waals surface area contributed by atoms with Crippen molar-refractivity contribution in [3.63, 3.8) is 0 Å². The summed E-state index contributed by atoms with van der Waals surface area (Å²) < 4.78 is 10.7. The van der Waals surface area contributed by atoms with Crippen molar-refractivity contribution in [3.05, 3.63) is 71.3 Å². The number of methoxy groups -OCH3 is 1. The first kappa shape index (κ1) is 18.3. The Bertz CT molecular complexity index is 932. The van der Waals surface area contributed by atoms with Crippen LogP contribution in [0.25, 0.3) is 0 Å². The molecule has 1 fully saturated rings. The molecule has 29 heavy (non-hydrogen) atoms. The molecular formula is C24H26N2O3. The molecule has 2 heterocycles. The highest BCUT2D eigenvalue weighted by molar-refractivity contribution is 6.01. The maximum Gasteiger partial charge on any atom is 0.256 e. The fourth-order valence-corrected chi connectivity index (χ4v) is 4.88. The molecule has 3 atom stereocenters. The zero-order chi connectivity index (χ0) is 19.8. The van der Waals surface area contributed by atoms with Crippen LogP contribution in [0.15, 0.2) is 54.6 Å². The van der Waals surface area contributed by atoms with Gasteiger partial charge in [-0.15, -0.1) is 0 Å². The molecular weight excluding hydrogens is 364 g/mol. The Labute approximate surface area is 171 Å². The third kappa shape index (κ3) is 3.19. The van der Waals surface area contributed by atoms with Crippen LogP contribution >= 0.6 is 0 Å². The van der Waals surface area contributed by atoms with Crippen LogP contribution in [-0.2, 0) is 4.74 Å². The molecule has 0 bridgehead atoms. The zero-order valence-corrected chi connectivity index (χ0v) is 16.6. The first-order valence-electron chi connectivity index (χ1n) is 10.3. The summed E-state index contributed by atoms with van der Waals surface area (Å²) in [4.78, 5) is 15.2. The highest BCUT2D eigenvalue weighted by atomic mass is 16.5. The highest BCUT2D eigenvalue weighted by Crippen LogP contribution is 2.50. The second-order valence-corrected chi connectivity index (χ2v) is 7.92. The normalized spacial score (nSPS) is 25.1. The lowest BCUT2D eigenvalue weighted by Crippen LogP contribution is -2.41. The Morgan fingerprint density at radius 2 is 1.93 bits per heavy atom. The van der Waals surface area contributed by atoms with Crippen LogP contribution in [0.4, 0.5) is 5.69 Å². The molecule has 0 aromatic heterocycles. The molecule has 5 heteroatoms. The van der Waals surface area contributed by atoms with E-state index in [0.29, 0.717) is 38.1 Å². The van der Waals surface area contributed by atoms with Gasteiger partial charge in [-0.2, -0.15) is 0 Å². The number of nitrogens with zero attached hydrogens (tertiary/aromatic N) is 1. The van der Waals surface area contributed by atoms with Gasteiger partial charge in [0.1, 0.15) is 5.75 Å². The van der Waals surface area contributed by atoms with E-state index in [-0.39, 0.29) is 11.9 Å². The van der Waals surface area contributed by atoms with Crippen molar-refractivity contribution in [1.82, 2.24) is 4.90 Å². The number of anilines is 1. The number of hydrogen-bond acceptors (Lipinski definition) is 4. The molecule has 1 N–H and O–H groups in total. The summed E-state index contributed by atoms with van der Waals surface area (Å²) in [6.45, 7) is 2.51. The van der Waals surface area contributed by atoms with Gasteiger partial charge in [0.05, 0.1) is 37.6 Å². The zero-order valence-electron chi connectivity index (χ0n) is 16.6. The van der Waals surface area contributed by atoms with E-state index in [1.807, 2.05) is 29.2 Å². The monoisotopic (exact) mass is 390 g/mol. The predicted octanol–water partition coefficient (Wildman–Crippen LogP) is 3.99. The average molecular weight is 390 g/mol. The summed E-state index contributed by atoms with van der Waals surface area (Å²) in [5.74, 6) is 1.72. The van der Waals surface area contributed by atoms with E-state index in [2.05, 4.69) is 35.7 Å². The fourth-order valence-electron chi connectivity index (χ4n) is 4.88. The van der Waals surface area contributed by atoms with Crippen molar-refractivity contribution in [2.75, 3.05) is 38.7 Å². The summed E-state index contributed by atoms with van der Waals surface area (Å²) in [7, 11) is 1.69. The number of hydrogen-bond donors (Lipinski definition) is 1. The van der Waals surface area contributed by atoms with Gasteiger partial charge in [0.2, 0.25) is 0 Å². The minimum Gasteiger partial charge on any atom is -0.497 e. The topological polar surface area (TPSA) is 50.8 Å². The second-order valence-electron chi connectivity index (χ2n) is 7.92. The number of amides is 1. The number of rotatable bonds is 3. The third-order valence-corrected chi connectivity index (χ3v) is 6.40. The molecule has 2 aromatic carbocycles. The van der Waals surface area contributed by atoms with E-state index in [1.54, 1.807) is 7.11 Å². The van der Waals surface area contributed by atoms with Gasteiger partial charge in [-0.3, -0.25) is 4.79 Å². The molecule has 0 spiro atoms. The van der Waals surface area contributed by atoms with Crippen molar-refractivity contribution in [2.24, 2.45) is 5.92 Å². The van der Waals surface area contributed by atoms with E-state index >= 15 is 0 Å². The highest BCUT2D eigenvalue weighted by Gasteiger charge is 2.39. The number of carbonyl (C=O) groups is 1. The molecule has 1 amide bonds. The summed E-state index contributed by atoms with van der Waals surface area (Å²) in [5, 5.41) is 3.75. The van der Waals surface area contributed by atoms with Crippen LogP contribution < -0.4 is 10.1 Å². The van der Waals surface area contributed by atoms with Crippen molar-refractivity contribution in [2.45, 2.75) is 18.4 Å². The molecule has 1 aliphatic carbocycles. The average Bonchev–Trinajstić information content (AvgIpc) is 3.29. The second kappa shape index (κ2) is 7.56. The van der Waals surface area contributed by atoms with Gasteiger partial charge in [-0.05, 0) is 41.7 Å². The van der Waals surface area contributed by atoms with Crippen LogP contribution in [0.2, 0.25) is 0 Å². The number of morpholine rings is 1. The Morgan fingerprint density at radius 1 is 1.14 bits per heavy atom. The third-order valence-electron chi connectivity index (χ3n) is 6.40. The molecule has 150 valence electrons. The van der Waals surface area contributed by atoms with Crippen molar-refractivity contribution in [3.8, 4) is 5.75 Å². The van der Waals surface area contributed by atoms with Crippen LogP contribution in [-0.4, -0.2) is 44.2 Å². The van der Waals surface area contributed by atoms with Crippen molar-refractivity contribution >= 4 is 11.6 Å². The van der Waals surface area contributed by atoms with Gasteiger partial charge in [0, 0.05) is 19.0 Å². The first-order valence-corrected chi connectivity index (χ1v) is 10.3. The van der Waals surface area contributed by atoms with Gasteiger partial charge in [-0.25, -0.2) is 0 Å². The molecule has 2 aliphatic heterocycles. The SMILES string of the molecule is COc1ccc(C2Nc3c(C(=O)N4CCOCC4)cccc3C3C=CCC32)cc1. The molecule has 0 radical (unpaired) electrons. The summed E-state index contributed by atoms with van der Waals surface area (Å²) in [5.41, 5.74) is 4.20. The fraction of sp³-hybridized carbons (Fsp3) is 0.375. The smallest absolute Gasteiger partial charge is 0.256 e. The summed E-state index contributed by atoms with van der Waals surface area (Å²) >= 11 is 0. The minimum atomic E-state index is 0.0894. The predicted molar refractivity (Wildman–Crippen MR) is 113 cm³/mol. The van der Waals surface area contributed by atoms with E-state index < -0.39 is 0 Å². The first-order chi connectivity index (χ1) is 14.3. The van der Waals surface area contributed by atoms with Crippen LogP contribution in [0.5, 0.6) is 5.75 Å². The van der Waals surface area contributed by atoms with Crippen LogP contribution in [0, 0.1) is 5.92 Å². The van der Waals surface area contributed by atoms with E-state index in [4.69, 9.17) is 9.47 Å². The molecule has 5 nitrogen and oxygen atoms in total. The maximum absolute atomic E-state index is 13.3. The lowest BCUT2D eigenvalue weighted by Gasteiger charge is -2.39. The number of ether oxygens (including phenoxy) is 2. The van der Waals surface area contributed by atoms with Crippen molar-refractivity contribution in [1.29, 1.82) is 0 Å². The lowest BCUT2D eigenvalue weighted by atomic mass is 9.76. The Morgan fingerprint density at radius 3 is 2.69 bits per heavy atom. The largest absolute Gasteiger partial charge is 0.497 e. The van der Waals surface area contributed by atoms with Crippen molar-refractivity contribution < 1.29 is 14.3 Å². The molecule has 0 saturated carbocycles. The quantitative estimate of drug-likeness (QED) is 0.805. The number of nitrogens with one attached hydrogen (secondary N) is 1. The van der Waals surface area contributed by atoms with Crippen LogP contribution in [0.1, 0.15) is 39.9 Å². The number of benzene rings is 2. The molecule has 2 aromatic rings. The number of fused-ring (bicyclic) bond motifs is 3. The number of para-hydroxylation sites is 1. The minimum absolute atomic E-state index is 0.0894. The van der Waals surface area contributed by atoms with Gasteiger partial charge in [-0.1, -0.05) is 36.4 Å². The van der Waals surface area contributed by atoms with Crippen LogP contribution in [0.3, 0.4) is 0 Å². The Balaban J connectivity index is 1.53. The van der Waals surface area contributed by atoms with E-state index in [1.165, 1.54) is 11.1 Å². The molecule has 3 aliphatic rings. The molecule has 5 rings (SSSR count).